The Hall–Kier alpha value is -2.30. The zero-order valence-electron chi connectivity index (χ0n) is 22.7. The average Bonchev–Trinajstić information content (AvgIpc) is 2.80. The molecule has 1 aromatic heterocycles. The highest BCUT2D eigenvalue weighted by Crippen LogP contribution is 2.46. The molecule has 7 nitrogen and oxygen atoms in total. The van der Waals surface area contributed by atoms with Crippen LogP contribution in [0.4, 0.5) is 24.9 Å². The molecule has 3 fully saturated rings. The first kappa shape index (κ1) is 29.2. The number of aryl methyl sites for hydroxylation is 1. The molecule has 218 valence electrons. The van der Waals surface area contributed by atoms with Gasteiger partial charge >= 0.3 is 12.1 Å². The molecule has 2 unspecified atom stereocenters. The lowest BCUT2D eigenvalue weighted by Crippen LogP contribution is -2.58. The maximum Gasteiger partial charge on any atom is 0.421 e. The van der Waals surface area contributed by atoms with Gasteiger partial charge in [-0.1, -0.05) is 29.3 Å². The highest BCUT2D eigenvalue weighted by Gasteiger charge is 2.50. The predicted molar refractivity (Wildman–Crippen MR) is 149 cm³/mol. The number of hydrogen-bond acceptors (Lipinski definition) is 6. The number of carboxylic acids is 1. The molecular formula is C28H34Cl2F3N5O2. The van der Waals surface area contributed by atoms with Gasteiger partial charge in [-0.05, 0) is 82.5 Å². The van der Waals surface area contributed by atoms with Crippen molar-refractivity contribution in [2.45, 2.75) is 64.7 Å². The Balaban J connectivity index is 1.27. The Morgan fingerprint density at radius 1 is 1.18 bits per heavy atom. The van der Waals surface area contributed by atoms with Gasteiger partial charge in [-0.2, -0.15) is 18.2 Å². The molecule has 1 aliphatic carbocycles. The Morgan fingerprint density at radius 2 is 1.88 bits per heavy atom. The second-order valence-electron chi connectivity index (χ2n) is 11.9. The van der Waals surface area contributed by atoms with Crippen LogP contribution < -0.4 is 10.2 Å². The summed E-state index contributed by atoms with van der Waals surface area (Å²) in [5, 5.41) is 13.2. The first-order valence-corrected chi connectivity index (χ1v) is 14.4. The number of aliphatic carboxylic acids is 1. The standard InChI is InChI=1S/C28H34Cl2F3N5O2/c1-15(21-7-6-19(29)9-22(21)30)34-24-23(28(31,32)33)16(2)35-26(36-24)38-13-18(14-38)17-5-4-8-37(12-17)20-10-27(3,11-20)25(39)40/h6-7,9,15,17-18,20H,4-5,8,10-14H2,1-3H3,(H,39,40)(H,34,35,36). The Labute approximate surface area is 242 Å². The van der Waals surface area contributed by atoms with Crippen molar-refractivity contribution in [3.8, 4) is 0 Å². The fourth-order valence-electron chi connectivity index (χ4n) is 6.42. The normalized spacial score (nSPS) is 26.6. The van der Waals surface area contributed by atoms with Gasteiger partial charge in [-0.3, -0.25) is 4.79 Å². The number of piperidine rings is 1. The lowest BCUT2D eigenvalue weighted by Gasteiger charge is -2.52. The van der Waals surface area contributed by atoms with Crippen LogP contribution in [-0.4, -0.2) is 58.2 Å². The highest BCUT2D eigenvalue weighted by atomic mass is 35.5. The zero-order chi connectivity index (χ0) is 29.0. The van der Waals surface area contributed by atoms with Gasteiger partial charge in [0.15, 0.2) is 0 Å². The smallest absolute Gasteiger partial charge is 0.421 e. The molecule has 1 aromatic carbocycles. The molecule has 5 rings (SSSR count). The van der Waals surface area contributed by atoms with Crippen molar-refractivity contribution in [3.05, 3.63) is 45.1 Å². The van der Waals surface area contributed by atoms with Crippen molar-refractivity contribution in [2.75, 3.05) is 36.4 Å². The van der Waals surface area contributed by atoms with Crippen LogP contribution in [0.15, 0.2) is 18.2 Å². The third-order valence-electron chi connectivity index (χ3n) is 8.90. The van der Waals surface area contributed by atoms with E-state index in [2.05, 4.69) is 20.2 Å². The quantitative estimate of drug-likeness (QED) is 0.367. The maximum atomic E-state index is 14.0. The summed E-state index contributed by atoms with van der Waals surface area (Å²) < 4.78 is 42.1. The second kappa shape index (κ2) is 10.8. The molecule has 3 heterocycles. The molecule has 2 saturated heterocycles. The summed E-state index contributed by atoms with van der Waals surface area (Å²) in [6.07, 6.45) is -1.11. The molecule has 40 heavy (non-hydrogen) atoms. The molecule has 0 amide bonds. The number of rotatable bonds is 7. The number of nitrogens with one attached hydrogen (secondary N) is 1. The third kappa shape index (κ3) is 5.72. The number of halogens is 5. The van der Waals surface area contributed by atoms with E-state index in [-0.39, 0.29) is 17.5 Å². The molecule has 1 saturated carbocycles. The van der Waals surface area contributed by atoms with E-state index >= 15 is 0 Å². The Bertz CT molecular complexity index is 1280. The second-order valence-corrected chi connectivity index (χ2v) is 12.7. The molecule has 2 aliphatic heterocycles. The van der Waals surface area contributed by atoms with Gasteiger partial charge in [0.25, 0.3) is 0 Å². The molecule has 2 N–H and O–H groups in total. The van der Waals surface area contributed by atoms with Gasteiger partial charge < -0.3 is 20.2 Å². The van der Waals surface area contributed by atoms with Crippen LogP contribution in [0.1, 0.15) is 62.4 Å². The van der Waals surface area contributed by atoms with E-state index in [1.165, 1.54) is 6.92 Å². The lowest BCUT2D eigenvalue weighted by molar-refractivity contribution is -0.158. The van der Waals surface area contributed by atoms with E-state index < -0.39 is 29.2 Å². The van der Waals surface area contributed by atoms with Gasteiger partial charge in [0.05, 0.1) is 17.2 Å². The van der Waals surface area contributed by atoms with Gasteiger partial charge in [0, 0.05) is 35.7 Å². The summed E-state index contributed by atoms with van der Waals surface area (Å²) in [7, 11) is 0. The largest absolute Gasteiger partial charge is 0.481 e. The molecule has 12 heteroatoms. The molecule has 2 atom stereocenters. The summed E-state index contributed by atoms with van der Waals surface area (Å²) in [5.74, 6) is 0.137. The predicted octanol–water partition coefficient (Wildman–Crippen LogP) is 6.69. The zero-order valence-corrected chi connectivity index (χ0v) is 24.2. The number of carboxylic acid groups (broad SMARTS) is 1. The SMILES string of the molecule is Cc1nc(N2CC(C3CCCN(C4CC(C)(C(=O)O)C4)C3)C2)nc(NC(C)c2ccc(Cl)cc2Cl)c1C(F)(F)F. The van der Waals surface area contributed by atoms with E-state index in [9.17, 15) is 23.1 Å². The number of likely N-dealkylation sites (tertiary alicyclic amines) is 1. The summed E-state index contributed by atoms with van der Waals surface area (Å²) in [6.45, 7) is 8.17. The molecular weight excluding hydrogens is 566 g/mol. The molecule has 0 bridgehead atoms. The highest BCUT2D eigenvalue weighted by molar-refractivity contribution is 6.35. The minimum absolute atomic E-state index is 0.131. The summed E-state index contributed by atoms with van der Waals surface area (Å²) in [5.41, 5.74) is -1.03. The summed E-state index contributed by atoms with van der Waals surface area (Å²) in [4.78, 5) is 24.5. The van der Waals surface area contributed by atoms with Crippen molar-refractivity contribution in [2.24, 2.45) is 17.3 Å². The minimum atomic E-state index is -4.63. The summed E-state index contributed by atoms with van der Waals surface area (Å²) >= 11 is 12.3. The van der Waals surface area contributed by atoms with Crippen molar-refractivity contribution in [3.63, 3.8) is 0 Å². The van der Waals surface area contributed by atoms with Crippen molar-refractivity contribution >= 4 is 40.9 Å². The van der Waals surface area contributed by atoms with Crippen LogP contribution in [0.25, 0.3) is 0 Å². The fraction of sp³-hybridized carbons (Fsp3) is 0.607. The van der Waals surface area contributed by atoms with Gasteiger partial charge in [0.1, 0.15) is 11.4 Å². The number of nitrogens with zero attached hydrogens (tertiary/aromatic N) is 4. The van der Waals surface area contributed by atoms with E-state index in [0.29, 0.717) is 59.4 Å². The number of benzene rings is 1. The molecule has 0 radical (unpaired) electrons. The van der Waals surface area contributed by atoms with Crippen LogP contribution in [0.2, 0.25) is 10.0 Å². The number of anilines is 2. The van der Waals surface area contributed by atoms with E-state index in [1.54, 1.807) is 25.1 Å². The molecule has 0 spiro atoms. The number of aromatic nitrogens is 2. The summed E-state index contributed by atoms with van der Waals surface area (Å²) in [6, 6.07) is 4.64. The van der Waals surface area contributed by atoms with Crippen LogP contribution in [0.5, 0.6) is 0 Å². The number of alkyl halides is 3. The fourth-order valence-corrected chi connectivity index (χ4v) is 7.00. The van der Waals surface area contributed by atoms with Gasteiger partial charge in [-0.15, -0.1) is 0 Å². The van der Waals surface area contributed by atoms with Crippen LogP contribution in [0.3, 0.4) is 0 Å². The first-order chi connectivity index (χ1) is 18.7. The molecule has 2 aromatic rings. The first-order valence-electron chi connectivity index (χ1n) is 13.6. The number of hydrogen-bond donors (Lipinski definition) is 2. The van der Waals surface area contributed by atoms with Crippen molar-refractivity contribution in [1.29, 1.82) is 0 Å². The Morgan fingerprint density at radius 3 is 2.50 bits per heavy atom. The monoisotopic (exact) mass is 599 g/mol. The van der Waals surface area contributed by atoms with Gasteiger partial charge in [0.2, 0.25) is 5.95 Å². The topological polar surface area (TPSA) is 81.6 Å². The van der Waals surface area contributed by atoms with Gasteiger partial charge in [-0.25, -0.2) is 4.98 Å². The van der Waals surface area contributed by atoms with E-state index in [1.807, 2.05) is 11.8 Å². The van der Waals surface area contributed by atoms with E-state index in [4.69, 9.17) is 23.2 Å². The molecule has 3 aliphatic rings. The lowest BCUT2D eigenvalue weighted by atomic mass is 9.65. The van der Waals surface area contributed by atoms with Crippen LogP contribution >= 0.6 is 23.2 Å². The maximum absolute atomic E-state index is 14.0. The van der Waals surface area contributed by atoms with Crippen molar-refractivity contribution in [1.82, 2.24) is 14.9 Å². The average molecular weight is 601 g/mol. The minimum Gasteiger partial charge on any atom is -0.481 e. The van der Waals surface area contributed by atoms with Crippen LogP contribution in [-0.2, 0) is 11.0 Å². The third-order valence-corrected chi connectivity index (χ3v) is 9.46. The van der Waals surface area contributed by atoms with E-state index in [0.717, 1.165) is 25.9 Å². The van der Waals surface area contributed by atoms with Crippen LogP contribution in [0, 0.1) is 24.2 Å². The Kier molecular flexibility index (Phi) is 7.91. The number of carbonyl (C=O) groups is 1. The van der Waals surface area contributed by atoms with Crippen molar-refractivity contribution < 1.29 is 23.1 Å².